The van der Waals surface area contributed by atoms with E-state index in [1.54, 1.807) is 0 Å². The number of likely N-dealkylation sites (tertiary alicyclic amines) is 1. The van der Waals surface area contributed by atoms with Gasteiger partial charge < -0.3 is 24.4 Å². The zero-order valence-corrected chi connectivity index (χ0v) is 12.5. The molecule has 0 aliphatic carbocycles. The maximum absolute atomic E-state index is 12.5. The summed E-state index contributed by atoms with van der Waals surface area (Å²) in [4.78, 5) is 26.6. The maximum Gasteiger partial charge on any atom is 0.320 e. The summed E-state index contributed by atoms with van der Waals surface area (Å²) in [6.45, 7) is 5.43. The van der Waals surface area contributed by atoms with Crippen molar-refractivity contribution >= 4 is 12.0 Å². The topological polar surface area (TPSA) is 79.3 Å². The first-order chi connectivity index (χ1) is 10.1. The Labute approximate surface area is 124 Å². The number of carbonyl (C=O) groups excluding carboxylic acids is 1. The van der Waals surface area contributed by atoms with Gasteiger partial charge in [0.05, 0.1) is 38.4 Å². The van der Waals surface area contributed by atoms with Gasteiger partial charge in [0.2, 0.25) is 0 Å². The van der Waals surface area contributed by atoms with E-state index in [-0.39, 0.29) is 31.2 Å². The highest BCUT2D eigenvalue weighted by Crippen LogP contribution is 2.17. The molecule has 1 unspecified atom stereocenters. The standard InChI is InChI=1S/C14H24N2O5/c1-11-10-20-9-7-16(11)14(19)15-5-2-12(3-6-15)21-8-4-13(17)18/h11-12H,2-10H2,1H3,(H,17,18). The van der Waals surface area contributed by atoms with Crippen LogP contribution in [0.1, 0.15) is 26.2 Å². The zero-order valence-electron chi connectivity index (χ0n) is 12.5. The first kappa shape index (κ1) is 16.0. The predicted octanol–water partition coefficient (Wildman–Crippen LogP) is 0.783. The van der Waals surface area contributed by atoms with Crippen LogP contribution in [0.4, 0.5) is 4.79 Å². The molecule has 120 valence electrons. The minimum Gasteiger partial charge on any atom is -0.481 e. The molecule has 0 spiro atoms. The minimum absolute atomic E-state index is 0.0322. The van der Waals surface area contributed by atoms with Crippen LogP contribution in [-0.4, -0.2) is 78.5 Å². The average molecular weight is 300 g/mol. The van der Waals surface area contributed by atoms with Crippen molar-refractivity contribution in [2.24, 2.45) is 0 Å². The quantitative estimate of drug-likeness (QED) is 0.830. The van der Waals surface area contributed by atoms with Crippen LogP contribution in [0.25, 0.3) is 0 Å². The van der Waals surface area contributed by atoms with E-state index in [0.717, 1.165) is 12.8 Å². The van der Waals surface area contributed by atoms with E-state index in [2.05, 4.69) is 0 Å². The smallest absolute Gasteiger partial charge is 0.320 e. The van der Waals surface area contributed by atoms with E-state index in [0.29, 0.717) is 32.8 Å². The van der Waals surface area contributed by atoms with Crippen molar-refractivity contribution < 1.29 is 24.2 Å². The molecule has 2 aliphatic heterocycles. The summed E-state index contributed by atoms with van der Waals surface area (Å²) in [6.07, 6.45) is 1.63. The molecule has 7 nitrogen and oxygen atoms in total. The number of carboxylic acids is 1. The summed E-state index contributed by atoms with van der Waals surface area (Å²) in [6, 6.07) is 0.200. The number of carboxylic acid groups (broad SMARTS) is 1. The third kappa shape index (κ3) is 4.57. The molecule has 2 saturated heterocycles. The molecule has 0 radical (unpaired) electrons. The Bertz CT molecular complexity index is 368. The lowest BCUT2D eigenvalue weighted by atomic mass is 10.1. The van der Waals surface area contributed by atoms with Gasteiger partial charge >= 0.3 is 12.0 Å². The molecular weight excluding hydrogens is 276 g/mol. The number of amides is 2. The maximum atomic E-state index is 12.5. The molecule has 0 aromatic heterocycles. The molecule has 0 bridgehead atoms. The van der Waals surface area contributed by atoms with E-state index in [1.165, 1.54) is 0 Å². The number of morpholine rings is 1. The van der Waals surface area contributed by atoms with Crippen LogP contribution in [0.15, 0.2) is 0 Å². The minimum atomic E-state index is -0.844. The second-order valence-corrected chi connectivity index (χ2v) is 5.60. The van der Waals surface area contributed by atoms with Crippen molar-refractivity contribution in [2.75, 3.05) is 39.5 Å². The van der Waals surface area contributed by atoms with Crippen LogP contribution in [0.5, 0.6) is 0 Å². The van der Waals surface area contributed by atoms with E-state index in [4.69, 9.17) is 14.6 Å². The summed E-state index contributed by atoms with van der Waals surface area (Å²) in [5.74, 6) is -0.844. The second kappa shape index (κ2) is 7.61. The van der Waals surface area contributed by atoms with Crippen LogP contribution < -0.4 is 0 Å². The summed E-state index contributed by atoms with van der Waals surface area (Å²) < 4.78 is 10.9. The summed E-state index contributed by atoms with van der Waals surface area (Å²) >= 11 is 0. The van der Waals surface area contributed by atoms with Gasteiger partial charge in [-0.1, -0.05) is 0 Å². The number of hydrogen-bond acceptors (Lipinski definition) is 4. The second-order valence-electron chi connectivity index (χ2n) is 5.60. The van der Waals surface area contributed by atoms with E-state index in [1.807, 2.05) is 16.7 Å². The Morgan fingerprint density at radius 2 is 2.00 bits per heavy atom. The number of carbonyl (C=O) groups is 2. The van der Waals surface area contributed by atoms with E-state index >= 15 is 0 Å². The number of hydrogen-bond donors (Lipinski definition) is 1. The molecule has 2 amide bonds. The molecule has 1 N–H and O–H groups in total. The van der Waals surface area contributed by atoms with Gasteiger partial charge in [0.1, 0.15) is 0 Å². The summed E-state index contributed by atoms with van der Waals surface area (Å²) in [5, 5.41) is 8.58. The third-order valence-electron chi connectivity index (χ3n) is 4.00. The van der Waals surface area contributed by atoms with Gasteiger partial charge in [0, 0.05) is 19.6 Å². The first-order valence-corrected chi connectivity index (χ1v) is 7.54. The molecule has 0 aromatic carbocycles. The van der Waals surface area contributed by atoms with Crippen molar-refractivity contribution in [2.45, 2.75) is 38.3 Å². The highest BCUT2D eigenvalue weighted by molar-refractivity contribution is 5.75. The molecule has 0 aromatic rings. The van der Waals surface area contributed by atoms with Crippen molar-refractivity contribution in [1.82, 2.24) is 9.80 Å². The molecule has 21 heavy (non-hydrogen) atoms. The van der Waals surface area contributed by atoms with Crippen LogP contribution in [-0.2, 0) is 14.3 Å². The van der Waals surface area contributed by atoms with Gasteiger partial charge in [-0.2, -0.15) is 0 Å². The molecule has 7 heteroatoms. The van der Waals surface area contributed by atoms with E-state index < -0.39 is 5.97 Å². The monoisotopic (exact) mass is 300 g/mol. The van der Waals surface area contributed by atoms with Crippen LogP contribution >= 0.6 is 0 Å². The molecule has 2 aliphatic rings. The number of aliphatic carboxylic acids is 1. The van der Waals surface area contributed by atoms with Gasteiger partial charge in [-0.15, -0.1) is 0 Å². The normalized spacial score (nSPS) is 24.1. The molecule has 0 saturated carbocycles. The van der Waals surface area contributed by atoms with Crippen LogP contribution in [0, 0.1) is 0 Å². The molecule has 2 rings (SSSR count). The first-order valence-electron chi connectivity index (χ1n) is 7.54. The molecular formula is C14H24N2O5. The highest BCUT2D eigenvalue weighted by atomic mass is 16.5. The van der Waals surface area contributed by atoms with Gasteiger partial charge in [-0.3, -0.25) is 4.79 Å². The van der Waals surface area contributed by atoms with Crippen LogP contribution in [0.3, 0.4) is 0 Å². The summed E-state index contributed by atoms with van der Waals surface area (Å²) in [5.41, 5.74) is 0. The van der Waals surface area contributed by atoms with Crippen molar-refractivity contribution in [3.05, 3.63) is 0 Å². The fourth-order valence-corrected chi connectivity index (χ4v) is 2.72. The molecule has 1 atom stereocenters. The average Bonchev–Trinajstić information content (AvgIpc) is 2.47. The SMILES string of the molecule is CC1COCCN1C(=O)N1CCC(OCCC(=O)O)CC1. The zero-order chi connectivity index (χ0) is 15.2. The fraction of sp³-hybridized carbons (Fsp3) is 0.857. The fourth-order valence-electron chi connectivity index (χ4n) is 2.72. The van der Waals surface area contributed by atoms with Gasteiger partial charge in [0.25, 0.3) is 0 Å². The predicted molar refractivity (Wildman–Crippen MR) is 75.2 cm³/mol. The number of nitrogens with zero attached hydrogens (tertiary/aromatic N) is 2. The largest absolute Gasteiger partial charge is 0.481 e. The third-order valence-corrected chi connectivity index (χ3v) is 4.00. The Hall–Kier alpha value is -1.34. The summed E-state index contributed by atoms with van der Waals surface area (Å²) in [7, 11) is 0. The number of rotatable bonds is 4. The lowest BCUT2D eigenvalue weighted by Crippen LogP contribution is -2.54. The van der Waals surface area contributed by atoms with Crippen LogP contribution in [0.2, 0.25) is 0 Å². The molecule has 2 fully saturated rings. The van der Waals surface area contributed by atoms with Crippen molar-refractivity contribution in [1.29, 1.82) is 0 Å². The number of piperidine rings is 1. The number of urea groups is 1. The lowest BCUT2D eigenvalue weighted by Gasteiger charge is -2.39. The Morgan fingerprint density at radius 1 is 1.29 bits per heavy atom. The highest BCUT2D eigenvalue weighted by Gasteiger charge is 2.30. The van der Waals surface area contributed by atoms with Crippen molar-refractivity contribution in [3.63, 3.8) is 0 Å². The Morgan fingerprint density at radius 3 is 2.62 bits per heavy atom. The van der Waals surface area contributed by atoms with Gasteiger partial charge in [0.15, 0.2) is 0 Å². The van der Waals surface area contributed by atoms with Gasteiger partial charge in [-0.25, -0.2) is 4.79 Å². The van der Waals surface area contributed by atoms with Crippen molar-refractivity contribution in [3.8, 4) is 0 Å². The van der Waals surface area contributed by atoms with Gasteiger partial charge in [-0.05, 0) is 19.8 Å². The van der Waals surface area contributed by atoms with E-state index in [9.17, 15) is 9.59 Å². The molecule has 2 heterocycles. The Balaban J connectivity index is 1.72. The lowest BCUT2D eigenvalue weighted by molar-refractivity contribution is -0.138. The Kier molecular flexibility index (Phi) is 5.81. The number of ether oxygens (including phenoxy) is 2.